The van der Waals surface area contributed by atoms with Crippen molar-refractivity contribution < 1.29 is 9.59 Å². The average Bonchev–Trinajstić information content (AvgIpc) is 3.29. The molecule has 0 aliphatic carbocycles. The van der Waals surface area contributed by atoms with Gasteiger partial charge in [0.25, 0.3) is 0 Å². The number of amides is 2. The van der Waals surface area contributed by atoms with Crippen LogP contribution in [-0.4, -0.2) is 39.5 Å². The van der Waals surface area contributed by atoms with Crippen LogP contribution in [0, 0.1) is 0 Å². The van der Waals surface area contributed by atoms with Crippen LogP contribution >= 0.6 is 22.9 Å². The van der Waals surface area contributed by atoms with Crippen molar-refractivity contribution >= 4 is 39.9 Å². The molecule has 0 saturated heterocycles. The van der Waals surface area contributed by atoms with Gasteiger partial charge in [-0.05, 0) is 37.5 Å². The summed E-state index contributed by atoms with van der Waals surface area (Å²) in [6.07, 6.45) is 1.72. The van der Waals surface area contributed by atoms with Crippen LogP contribution in [0.5, 0.6) is 0 Å². The van der Waals surface area contributed by atoms with Gasteiger partial charge in [0.05, 0.1) is 5.92 Å². The largest absolute Gasteiger partial charge is 0.339 e. The monoisotopic (exact) mass is 484 g/mol. The molecule has 3 rings (SSSR count). The second kappa shape index (κ2) is 11.9. The molecule has 2 atom stereocenters. The topological polar surface area (TPSA) is 75.2 Å². The van der Waals surface area contributed by atoms with Gasteiger partial charge in [-0.2, -0.15) is 0 Å². The van der Waals surface area contributed by atoms with Gasteiger partial charge in [0.15, 0.2) is 0 Å². The van der Waals surface area contributed by atoms with Gasteiger partial charge in [0.1, 0.15) is 5.01 Å². The maximum absolute atomic E-state index is 13.4. The van der Waals surface area contributed by atoms with E-state index >= 15 is 0 Å². The smallest absolute Gasteiger partial charge is 0.230 e. The van der Waals surface area contributed by atoms with E-state index in [9.17, 15) is 9.59 Å². The van der Waals surface area contributed by atoms with Crippen molar-refractivity contribution in [1.82, 2.24) is 15.1 Å². The van der Waals surface area contributed by atoms with Crippen molar-refractivity contribution in [2.24, 2.45) is 0 Å². The molecule has 33 heavy (non-hydrogen) atoms. The van der Waals surface area contributed by atoms with Crippen LogP contribution in [0.4, 0.5) is 5.13 Å². The molecule has 2 aromatic carbocycles. The van der Waals surface area contributed by atoms with Crippen molar-refractivity contribution in [2.75, 3.05) is 11.9 Å². The second-order valence-electron chi connectivity index (χ2n) is 7.88. The number of carbonyl (C=O) groups is 2. The summed E-state index contributed by atoms with van der Waals surface area (Å²) in [5.74, 6) is -0.345. The van der Waals surface area contributed by atoms with Crippen molar-refractivity contribution in [2.45, 2.75) is 52.0 Å². The van der Waals surface area contributed by atoms with Crippen LogP contribution < -0.4 is 5.32 Å². The summed E-state index contributed by atoms with van der Waals surface area (Å²) in [5.41, 5.74) is 1.89. The van der Waals surface area contributed by atoms with Gasteiger partial charge in [0, 0.05) is 29.6 Å². The van der Waals surface area contributed by atoms with E-state index in [2.05, 4.69) is 15.5 Å². The lowest BCUT2D eigenvalue weighted by Crippen LogP contribution is -2.42. The third-order valence-electron chi connectivity index (χ3n) is 5.66. The zero-order valence-electron chi connectivity index (χ0n) is 19.1. The molecule has 174 valence electrons. The first kappa shape index (κ1) is 24.9. The van der Waals surface area contributed by atoms with Crippen LogP contribution in [0.3, 0.4) is 0 Å². The summed E-state index contributed by atoms with van der Waals surface area (Å²) in [6.45, 7) is 6.45. The van der Waals surface area contributed by atoms with E-state index in [1.165, 1.54) is 11.3 Å². The van der Waals surface area contributed by atoms with Crippen molar-refractivity contribution in [3.8, 4) is 10.6 Å². The summed E-state index contributed by atoms with van der Waals surface area (Å²) in [7, 11) is 0. The number of carbonyl (C=O) groups excluding carboxylic acids is 2. The Labute approximate surface area is 204 Å². The lowest BCUT2D eigenvalue weighted by Gasteiger charge is -2.32. The molecule has 6 nitrogen and oxygen atoms in total. The van der Waals surface area contributed by atoms with Gasteiger partial charge < -0.3 is 10.2 Å². The fourth-order valence-corrected chi connectivity index (χ4v) is 4.48. The molecule has 0 fully saturated rings. The molecular weight excluding hydrogens is 456 g/mol. The molecule has 0 unspecified atom stereocenters. The summed E-state index contributed by atoms with van der Waals surface area (Å²) >= 11 is 7.23. The number of anilines is 1. The fraction of sp³-hybridized carbons (Fsp3) is 0.360. The molecule has 2 amide bonds. The number of benzene rings is 2. The molecule has 1 N–H and O–H groups in total. The van der Waals surface area contributed by atoms with E-state index in [-0.39, 0.29) is 30.2 Å². The first-order chi connectivity index (χ1) is 15.9. The molecule has 0 aliphatic rings. The van der Waals surface area contributed by atoms with Gasteiger partial charge in [-0.1, -0.05) is 79.2 Å². The zero-order chi connectivity index (χ0) is 23.8. The van der Waals surface area contributed by atoms with E-state index in [1.54, 1.807) is 12.1 Å². The van der Waals surface area contributed by atoms with E-state index in [0.29, 0.717) is 28.1 Å². The Balaban J connectivity index is 1.63. The van der Waals surface area contributed by atoms with E-state index in [0.717, 1.165) is 17.5 Å². The standard InChI is InChI=1S/C25H29ClN4O2S/c1-4-17(3)30(24(32)21(5-2)18-9-7-6-8-10-18)16-15-22(31)27-25-29-28-23(33-25)19-11-13-20(26)14-12-19/h6-14,17,21H,4-5,15-16H2,1-3H3,(H,27,29,31)/t17-,21-/m0/s1. The maximum atomic E-state index is 13.4. The Morgan fingerprint density at radius 1 is 1.03 bits per heavy atom. The fourth-order valence-electron chi connectivity index (χ4n) is 3.59. The Bertz CT molecular complexity index is 1060. The third-order valence-corrected chi connectivity index (χ3v) is 6.80. The van der Waals surface area contributed by atoms with Gasteiger partial charge in [-0.25, -0.2) is 0 Å². The first-order valence-corrected chi connectivity index (χ1v) is 12.4. The van der Waals surface area contributed by atoms with Gasteiger partial charge >= 0.3 is 0 Å². The van der Waals surface area contributed by atoms with Crippen LogP contribution in [0.25, 0.3) is 10.6 Å². The minimum atomic E-state index is -0.214. The molecule has 1 heterocycles. The highest BCUT2D eigenvalue weighted by Crippen LogP contribution is 2.28. The molecule has 0 radical (unpaired) electrons. The van der Waals surface area contributed by atoms with E-state index in [4.69, 9.17) is 11.6 Å². The lowest BCUT2D eigenvalue weighted by atomic mass is 9.94. The minimum Gasteiger partial charge on any atom is -0.339 e. The summed E-state index contributed by atoms with van der Waals surface area (Å²) < 4.78 is 0. The quantitative estimate of drug-likeness (QED) is 0.382. The summed E-state index contributed by atoms with van der Waals surface area (Å²) in [6, 6.07) is 17.2. The number of hydrogen-bond acceptors (Lipinski definition) is 5. The number of aromatic nitrogens is 2. The highest BCUT2D eigenvalue weighted by Gasteiger charge is 2.27. The predicted molar refractivity (Wildman–Crippen MR) is 135 cm³/mol. The summed E-state index contributed by atoms with van der Waals surface area (Å²) in [4.78, 5) is 27.9. The van der Waals surface area contributed by atoms with Gasteiger partial charge in [-0.3, -0.25) is 9.59 Å². The minimum absolute atomic E-state index is 0.0427. The average molecular weight is 485 g/mol. The van der Waals surface area contributed by atoms with Crippen LogP contribution in [-0.2, 0) is 9.59 Å². The zero-order valence-corrected chi connectivity index (χ0v) is 20.7. The van der Waals surface area contributed by atoms with Crippen LogP contribution in [0.15, 0.2) is 54.6 Å². The number of halogens is 1. The number of rotatable bonds is 10. The molecule has 0 saturated carbocycles. The molecule has 0 bridgehead atoms. The van der Waals surface area contributed by atoms with Crippen LogP contribution in [0.2, 0.25) is 5.02 Å². The summed E-state index contributed by atoms with van der Waals surface area (Å²) in [5, 5.41) is 12.8. The number of hydrogen-bond donors (Lipinski definition) is 1. The Morgan fingerprint density at radius 2 is 1.73 bits per heavy atom. The molecule has 1 aromatic heterocycles. The highest BCUT2D eigenvalue weighted by atomic mass is 35.5. The number of nitrogens with zero attached hydrogens (tertiary/aromatic N) is 3. The lowest BCUT2D eigenvalue weighted by molar-refractivity contribution is -0.135. The second-order valence-corrected chi connectivity index (χ2v) is 9.29. The van der Waals surface area contributed by atoms with E-state index in [1.807, 2.05) is 68.1 Å². The SMILES string of the molecule is CC[C@H](C(=O)N(CCC(=O)Nc1nnc(-c2ccc(Cl)cc2)s1)[C@@H](C)CC)c1ccccc1. The maximum Gasteiger partial charge on any atom is 0.230 e. The molecule has 0 aliphatic heterocycles. The van der Waals surface area contributed by atoms with Crippen molar-refractivity contribution in [1.29, 1.82) is 0 Å². The van der Waals surface area contributed by atoms with Crippen molar-refractivity contribution in [3.05, 3.63) is 65.2 Å². The predicted octanol–water partition coefficient (Wildman–Crippen LogP) is 6.01. The molecule has 8 heteroatoms. The number of nitrogens with one attached hydrogen (secondary N) is 1. The molecule has 0 spiro atoms. The normalized spacial score (nSPS) is 12.7. The van der Waals surface area contributed by atoms with Crippen LogP contribution in [0.1, 0.15) is 51.5 Å². The Hall–Kier alpha value is -2.77. The third kappa shape index (κ3) is 6.62. The van der Waals surface area contributed by atoms with Gasteiger partial charge in [-0.15, -0.1) is 10.2 Å². The van der Waals surface area contributed by atoms with E-state index < -0.39 is 0 Å². The Morgan fingerprint density at radius 3 is 2.36 bits per heavy atom. The van der Waals surface area contributed by atoms with Crippen molar-refractivity contribution in [3.63, 3.8) is 0 Å². The molecular formula is C25H29ClN4O2S. The van der Waals surface area contributed by atoms with Gasteiger partial charge in [0.2, 0.25) is 16.9 Å². The highest BCUT2D eigenvalue weighted by molar-refractivity contribution is 7.18. The first-order valence-electron chi connectivity index (χ1n) is 11.2. The molecule has 3 aromatic rings. The Kier molecular flexibility index (Phi) is 8.97.